The summed E-state index contributed by atoms with van der Waals surface area (Å²) in [4.78, 5) is 26.6. The van der Waals surface area contributed by atoms with E-state index in [-0.39, 0.29) is 11.0 Å². The third kappa shape index (κ3) is 3.70. The molecule has 2 aromatic heterocycles. The second kappa shape index (κ2) is 6.17. The Kier molecular flexibility index (Phi) is 4.38. The molecule has 5 nitrogen and oxygen atoms in total. The van der Waals surface area contributed by atoms with Crippen LogP contribution in [0.1, 0.15) is 43.4 Å². The molecule has 3 heterocycles. The molecule has 23 heavy (non-hydrogen) atoms. The van der Waals surface area contributed by atoms with Gasteiger partial charge in [0, 0.05) is 37.7 Å². The number of pyridine rings is 1. The number of nitrogens with zero attached hydrogens (tertiary/aromatic N) is 3. The number of nitrogens with one attached hydrogen (secondary N) is 1. The smallest absolute Gasteiger partial charge is 0.255 e. The summed E-state index contributed by atoms with van der Waals surface area (Å²) in [5, 5.41) is 0. The van der Waals surface area contributed by atoms with Gasteiger partial charge in [-0.15, -0.1) is 0 Å². The number of aromatic nitrogens is 3. The average Bonchev–Trinajstić information content (AvgIpc) is 2.49. The minimum absolute atomic E-state index is 0.00134. The van der Waals surface area contributed by atoms with Gasteiger partial charge in [0.05, 0.1) is 11.3 Å². The molecule has 2 aromatic rings. The van der Waals surface area contributed by atoms with Gasteiger partial charge in [0.15, 0.2) is 0 Å². The van der Waals surface area contributed by atoms with Crippen LogP contribution in [-0.2, 0) is 24.9 Å². The van der Waals surface area contributed by atoms with E-state index in [0.717, 1.165) is 46.8 Å². The van der Waals surface area contributed by atoms with E-state index in [1.807, 2.05) is 12.3 Å². The van der Waals surface area contributed by atoms with Crippen molar-refractivity contribution in [2.45, 2.75) is 45.7 Å². The second-order valence-electron chi connectivity index (χ2n) is 7.04. The summed E-state index contributed by atoms with van der Waals surface area (Å²) in [6.45, 7) is 8.52. The summed E-state index contributed by atoms with van der Waals surface area (Å²) >= 11 is 3.35. The molecule has 1 N–H and O–H groups in total. The third-order valence-corrected chi connectivity index (χ3v) is 4.52. The number of rotatable bonds is 2. The lowest BCUT2D eigenvalue weighted by Crippen LogP contribution is -2.37. The lowest BCUT2D eigenvalue weighted by Gasteiger charge is -2.28. The van der Waals surface area contributed by atoms with Crippen LogP contribution in [0.5, 0.6) is 0 Å². The molecule has 0 bridgehead atoms. The number of aromatic amines is 1. The first-order valence-electron chi connectivity index (χ1n) is 7.78. The zero-order valence-corrected chi connectivity index (χ0v) is 15.3. The molecule has 0 unspecified atom stereocenters. The largest absolute Gasteiger partial charge is 0.310 e. The zero-order chi connectivity index (χ0) is 16.6. The SMILES string of the molecule is CC(C)(C)c1nc2c(c(=O)[nH]1)CN(Cc1ccc(Br)nc1)CC2. The van der Waals surface area contributed by atoms with Crippen LogP contribution in [0.2, 0.25) is 0 Å². The van der Waals surface area contributed by atoms with Crippen LogP contribution in [0.4, 0.5) is 0 Å². The van der Waals surface area contributed by atoms with Crippen LogP contribution >= 0.6 is 15.9 Å². The van der Waals surface area contributed by atoms with E-state index in [9.17, 15) is 4.79 Å². The summed E-state index contributed by atoms with van der Waals surface area (Å²) < 4.78 is 0.834. The van der Waals surface area contributed by atoms with Gasteiger partial charge in [-0.05, 0) is 27.6 Å². The topological polar surface area (TPSA) is 61.9 Å². The van der Waals surface area contributed by atoms with E-state index in [0.29, 0.717) is 6.54 Å². The highest BCUT2D eigenvalue weighted by molar-refractivity contribution is 9.10. The van der Waals surface area contributed by atoms with Crippen molar-refractivity contribution in [3.05, 3.63) is 55.9 Å². The molecule has 0 aromatic carbocycles. The Morgan fingerprint density at radius 3 is 2.78 bits per heavy atom. The molecule has 0 fully saturated rings. The van der Waals surface area contributed by atoms with Crippen molar-refractivity contribution in [1.82, 2.24) is 19.9 Å². The van der Waals surface area contributed by atoms with E-state index in [2.05, 4.69) is 57.6 Å². The summed E-state index contributed by atoms with van der Waals surface area (Å²) in [6.07, 6.45) is 2.68. The van der Waals surface area contributed by atoms with Gasteiger partial charge in [-0.3, -0.25) is 9.69 Å². The number of H-pyrrole nitrogens is 1. The van der Waals surface area contributed by atoms with E-state index < -0.39 is 0 Å². The first-order chi connectivity index (χ1) is 10.8. The number of hydrogen-bond acceptors (Lipinski definition) is 4. The fraction of sp³-hybridized carbons (Fsp3) is 0.471. The standard InChI is InChI=1S/C17H21BrN4O/c1-17(2,3)16-20-13-6-7-22(10-12(13)15(23)21-16)9-11-4-5-14(18)19-8-11/h4-5,8H,6-7,9-10H2,1-3H3,(H,20,21,23). The van der Waals surface area contributed by atoms with Gasteiger partial charge < -0.3 is 4.98 Å². The Balaban J connectivity index is 1.81. The van der Waals surface area contributed by atoms with Gasteiger partial charge in [-0.2, -0.15) is 0 Å². The second-order valence-corrected chi connectivity index (χ2v) is 7.85. The Bertz CT molecular complexity index is 762. The van der Waals surface area contributed by atoms with Crippen molar-refractivity contribution in [2.75, 3.05) is 6.54 Å². The predicted octanol–water partition coefficient (Wildman–Crippen LogP) is 2.78. The van der Waals surface area contributed by atoms with Crippen molar-refractivity contribution < 1.29 is 0 Å². The molecule has 122 valence electrons. The van der Waals surface area contributed by atoms with Gasteiger partial charge in [-0.25, -0.2) is 9.97 Å². The quantitative estimate of drug-likeness (QED) is 0.818. The van der Waals surface area contributed by atoms with Gasteiger partial charge in [-0.1, -0.05) is 26.8 Å². The minimum atomic E-state index is -0.144. The van der Waals surface area contributed by atoms with Crippen LogP contribution in [-0.4, -0.2) is 26.4 Å². The Morgan fingerprint density at radius 2 is 2.13 bits per heavy atom. The van der Waals surface area contributed by atoms with Crippen molar-refractivity contribution in [1.29, 1.82) is 0 Å². The van der Waals surface area contributed by atoms with Crippen LogP contribution in [0, 0.1) is 0 Å². The molecule has 0 saturated heterocycles. The first kappa shape index (κ1) is 16.3. The maximum Gasteiger partial charge on any atom is 0.255 e. The van der Waals surface area contributed by atoms with E-state index in [1.54, 1.807) is 0 Å². The molecule has 0 spiro atoms. The van der Waals surface area contributed by atoms with Crippen LogP contribution < -0.4 is 5.56 Å². The maximum absolute atomic E-state index is 12.4. The van der Waals surface area contributed by atoms with Gasteiger partial charge in [0.2, 0.25) is 0 Å². The van der Waals surface area contributed by atoms with Crippen molar-refractivity contribution in [3.63, 3.8) is 0 Å². The number of hydrogen-bond donors (Lipinski definition) is 1. The molecule has 1 aliphatic rings. The molecule has 0 amide bonds. The molecule has 0 saturated carbocycles. The highest BCUT2D eigenvalue weighted by Crippen LogP contribution is 2.21. The highest BCUT2D eigenvalue weighted by Gasteiger charge is 2.24. The molecule has 0 aliphatic carbocycles. The normalized spacial score (nSPS) is 15.5. The Morgan fingerprint density at radius 1 is 1.35 bits per heavy atom. The maximum atomic E-state index is 12.4. The monoisotopic (exact) mass is 376 g/mol. The lowest BCUT2D eigenvalue weighted by atomic mass is 9.95. The lowest BCUT2D eigenvalue weighted by molar-refractivity contribution is 0.240. The summed E-state index contributed by atoms with van der Waals surface area (Å²) in [5.74, 6) is 0.770. The molecule has 1 aliphatic heterocycles. The van der Waals surface area contributed by atoms with Gasteiger partial charge in [0.25, 0.3) is 5.56 Å². The number of halogens is 1. The fourth-order valence-electron chi connectivity index (χ4n) is 2.73. The van der Waals surface area contributed by atoms with Crippen LogP contribution in [0.25, 0.3) is 0 Å². The zero-order valence-electron chi connectivity index (χ0n) is 13.7. The minimum Gasteiger partial charge on any atom is -0.310 e. The van der Waals surface area contributed by atoms with Crippen LogP contribution in [0.3, 0.4) is 0 Å². The predicted molar refractivity (Wildman–Crippen MR) is 93.3 cm³/mol. The first-order valence-corrected chi connectivity index (χ1v) is 8.57. The summed E-state index contributed by atoms with van der Waals surface area (Å²) in [5.41, 5.74) is 2.75. The molecule has 0 radical (unpaired) electrons. The molecule has 6 heteroatoms. The third-order valence-electron chi connectivity index (χ3n) is 4.05. The van der Waals surface area contributed by atoms with Gasteiger partial charge in [0.1, 0.15) is 10.4 Å². The highest BCUT2D eigenvalue weighted by atomic mass is 79.9. The van der Waals surface area contributed by atoms with E-state index in [4.69, 9.17) is 4.98 Å². The molecular formula is C17H21BrN4O. The molecule has 3 rings (SSSR count). The summed E-state index contributed by atoms with van der Waals surface area (Å²) in [6, 6.07) is 4.00. The van der Waals surface area contributed by atoms with Crippen molar-refractivity contribution in [3.8, 4) is 0 Å². The number of fused-ring (bicyclic) bond motifs is 1. The van der Waals surface area contributed by atoms with Crippen LogP contribution in [0.15, 0.2) is 27.7 Å². The fourth-order valence-corrected chi connectivity index (χ4v) is 2.96. The Hall–Kier alpha value is -1.53. The van der Waals surface area contributed by atoms with E-state index >= 15 is 0 Å². The van der Waals surface area contributed by atoms with Crippen molar-refractivity contribution >= 4 is 15.9 Å². The van der Waals surface area contributed by atoms with Gasteiger partial charge >= 0.3 is 0 Å². The van der Waals surface area contributed by atoms with E-state index in [1.165, 1.54) is 0 Å². The van der Waals surface area contributed by atoms with Crippen molar-refractivity contribution in [2.24, 2.45) is 0 Å². The molecule has 0 atom stereocenters. The Labute approximate surface area is 144 Å². The molecular weight excluding hydrogens is 356 g/mol. The summed E-state index contributed by atoms with van der Waals surface area (Å²) in [7, 11) is 0. The average molecular weight is 377 g/mol.